The highest BCUT2D eigenvalue weighted by atomic mass is 32.1. The van der Waals surface area contributed by atoms with Crippen molar-refractivity contribution in [1.82, 2.24) is 0 Å². The van der Waals surface area contributed by atoms with Gasteiger partial charge in [0.2, 0.25) is 0 Å². The molecule has 0 atom stereocenters. The van der Waals surface area contributed by atoms with E-state index in [2.05, 4.69) is 158 Å². The molecule has 0 unspecified atom stereocenters. The van der Waals surface area contributed by atoms with Gasteiger partial charge in [0, 0.05) is 40.3 Å². The second kappa shape index (κ2) is 9.98. The number of fused-ring (bicyclic) bond motifs is 5. The van der Waals surface area contributed by atoms with Crippen molar-refractivity contribution < 1.29 is 0 Å². The summed E-state index contributed by atoms with van der Waals surface area (Å²) in [6, 6.07) is 58.9. The molecule has 2 aromatic heterocycles. The van der Waals surface area contributed by atoms with Crippen LogP contribution >= 0.6 is 22.7 Å². The minimum atomic E-state index is 1.24. The summed E-state index contributed by atoms with van der Waals surface area (Å²) in [6.07, 6.45) is 0. The first kappa shape index (κ1) is 26.5. The molecule has 0 aliphatic rings. The van der Waals surface area contributed by atoms with Gasteiger partial charge in [-0.3, -0.25) is 0 Å². The van der Waals surface area contributed by atoms with Crippen LogP contribution in [0.1, 0.15) is 0 Å². The summed E-state index contributed by atoms with van der Waals surface area (Å²) in [5.41, 5.74) is 7.72. The van der Waals surface area contributed by atoms with Crippen molar-refractivity contribution in [2.45, 2.75) is 0 Å². The molecule has 0 aliphatic carbocycles. The Balaban J connectivity index is 1.33. The fourth-order valence-electron chi connectivity index (χ4n) is 8.24. The van der Waals surface area contributed by atoms with Gasteiger partial charge in [-0.05, 0) is 102 Å². The van der Waals surface area contributed by atoms with Crippen LogP contribution in [0.4, 0.5) is 0 Å². The highest BCUT2D eigenvalue weighted by Crippen LogP contribution is 2.51. The van der Waals surface area contributed by atoms with E-state index in [-0.39, 0.29) is 0 Å². The van der Waals surface area contributed by atoms with Crippen LogP contribution in [-0.4, -0.2) is 0 Å². The predicted molar refractivity (Wildman–Crippen MR) is 212 cm³/mol. The Morgan fingerprint density at radius 3 is 1.56 bits per heavy atom. The van der Waals surface area contributed by atoms with E-state index in [0.717, 1.165) is 0 Å². The van der Waals surface area contributed by atoms with Crippen molar-refractivity contribution in [2.75, 3.05) is 0 Å². The Kier molecular flexibility index (Phi) is 5.51. The van der Waals surface area contributed by atoms with Crippen LogP contribution in [0.15, 0.2) is 158 Å². The minimum Gasteiger partial charge on any atom is -0.135 e. The molecular formula is C46H26S2. The molecule has 0 bridgehead atoms. The van der Waals surface area contributed by atoms with Gasteiger partial charge >= 0.3 is 0 Å². The summed E-state index contributed by atoms with van der Waals surface area (Å²) >= 11 is 3.80. The van der Waals surface area contributed by atoms with Crippen LogP contribution in [0.25, 0.3) is 106 Å². The number of benzene rings is 9. The molecule has 222 valence electrons. The lowest BCUT2D eigenvalue weighted by molar-refractivity contribution is 1.65. The first-order valence-electron chi connectivity index (χ1n) is 16.4. The molecule has 2 heteroatoms. The molecular weight excluding hydrogens is 617 g/mol. The molecule has 0 nitrogen and oxygen atoms in total. The van der Waals surface area contributed by atoms with Crippen molar-refractivity contribution in [3.8, 4) is 33.4 Å². The van der Waals surface area contributed by atoms with Gasteiger partial charge in [-0.2, -0.15) is 0 Å². The van der Waals surface area contributed by atoms with Crippen molar-refractivity contribution in [3.05, 3.63) is 158 Å². The van der Waals surface area contributed by atoms with E-state index in [1.165, 1.54) is 106 Å². The van der Waals surface area contributed by atoms with Crippen molar-refractivity contribution in [3.63, 3.8) is 0 Å². The maximum atomic E-state index is 2.45. The minimum absolute atomic E-state index is 1.24. The van der Waals surface area contributed by atoms with Crippen LogP contribution in [-0.2, 0) is 0 Å². The topological polar surface area (TPSA) is 0 Å². The van der Waals surface area contributed by atoms with E-state index in [0.29, 0.717) is 0 Å². The van der Waals surface area contributed by atoms with Crippen molar-refractivity contribution >= 4 is 95.3 Å². The fraction of sp³-hybridized carbons (Fsp3) is 0. The highest BCUT2D eigenvalue weighted by molar-refractivity contribution is 7.26. The zero-order valence-corrected chi connectivity index (χ0v) is 27.5. The SMILES string of the molecule is c1ccc(-c2cc(-c3c4ccccc4c(-c4cc5cccc6sc7cccc4c7c56)c4ccccc34)c3c(c2)sc2ccccc23)cc1. The lowest BCUT2D eigenvalue weighted by Crippen LogP contribution is -1.93. The smallest absolute Gasteiger partial charge is 0.0367 e. The lowest BCUT2D eigenvalue weighted by atomic mass is 9.82. The summed E-state index contributed by atoms with van der Waals surface area (Å²) < 4.78 is 5.37. The molecule has 0 aliphatic heterocycles. The van der Waals surface area contributed by atoms with Gasteiger partial charge in [0.1, 0.15) is 0 Å². The van der Waals surface area contributed by atoms with Crippen LogP contribution in [0.3, 0.4) is 0 Å². The molecule has 0 saturated carbocycles. The van der Waals surface area contributed by atoms with Crippen LogP contribution in [0, 0.1) is 0 Å². The zero-order valence-electron chi connectivity index (χ0n) is 25.8. The molecule has 11 rings (SSSR count). The first-order chi connectivity index (χ1) is 23.8. The quantitative estimate of drug-likeness (QED) is 0.133. The summed E-state index contributed by atoms with van der Waals surface area (Å²) in [6.45, 7) is 0. The molecule has 0 radical (unpaired) electrons. The Hall–Kier alpha value is -5.54. The fourth-order valence-corrected chi connectivity index (χ4v) is 10.6. The van der Waals surface area contributed by atoms with Gasteiger partial charge in [0.25, 0.3) is 0 Å². The molecule has 0 saturated heterocycles. The van der Waals surface area contributed by atoms with Gasteiger partial charge in [-0.1, -0.05) is 121 Å². The number of rotatable bonds is 3. The van der Waals surface area contributed by atoms with E-state index in [9.17, 15) is 0 Å². The van der Waals surface area contributed by atoms with E-state index < -0.39 is 0 Å². The Labute approximate surface area is 285 Å². The predicted octanol–water partition coefficient (Wildman–Crippen LogP) is 14.3. The van der Waals surface area contributed by atoms with Gasteiger partial charge in [-0.15, -0.1) is 22.7 Å². The van der Waals surface area contributed by atoms with Gasteiger partial charge < -0.3 is 0 Å². The van der Waals surface area contributed by atoms with E-state index in [4.69, 9.17) is 0 Å². The number of hydrogen-bond donors (Lipinski definition) is 0. The zero-order chi connectivity index (χ0) is 31.3. The first-order valence-corrected chi connectivity index (χ1v) is 18.1. The largest absolute Gasteiger partial charge is 0.135 e. The summed E-state index contributed by atoms with van der Waals surface area (Å²) in [5, 5.41) is 13.3. The van der Waals surface area contributed by atoms with E-state index >= 15 is 0 Å². The third-order valence-corrected chi connectivity index (χ3v) is 12.4. The average Bonchev–Trinajstić information content (AvgIpc) is 3.72. The average molecular weight is 643 g/mol. The standard InChI is InChI=1S/C46H26S2/c1-2-12-27(13-3-1)29-25-37(45-35-19-8-9-21-38(35)47-41(45)26-29)44-32-17-6-4-15-30(32)43(31-16-5-7-18-33(31)44)36-24-28-14-10-22-39-42(28)46-34(36)20-11-23-40(46)48-39/h1-26H. The monoisotopic (exact) mass is 642 g/mol. The van der Waals surface area contributed by atoms with Crippen LogP contribution < -0.4 is 0 Å². The van der Waals surface area contributed by atoms with Gasteiger partial charge in [0.05, 0.1) is 0 Å². The number of thiophene rings is 2. The normalized spacial score (nSPS) is 12.2. The van der Waals surface area contributed by atoms with Gasteiger partial charge in [0.15, 0.2) is 0 Å². The van der Waals surface area contributed by atoms with Crippen molar-refractivity contribution in [2.24, 2.45) is 0 Å². The second-order valence-corrected chi connectivity index (χ2v) is 14.9. The van der Waals surface area contributed by atoms with Crippen LogP contribution in [0.5, 0.6) is 0 Å². The Morgan fingerprint density at radius 2 is 0.833 bits per heavy atom. The van der Waals surface area contributed by atoms with E-state index in [1.54, 1.807) is 0 Å². The highest BCUT2D eigenvalue weighted by Gasteiger charge is 2.23. The maximum Gasteiger partial charge on any atom is 0.0367 e. The Bertz CT molecular complexity index is 2990. The number of hydrogen-bond acceptors (Lipinski definition) is 2. The summed E-state index contributed by atoms with van der Waals surface area (Å²) in [7, 11) is 0. The Morgan fingerprint density at radius 1 is 0.292 bits per heavy atom. The summed E-state index contributed by atoms with van der Waals surface area (Å²) in [5.74, 6) is 0. The van der Waals surface area contributed by atoms with Crippen LogP contribution in [0.2, 0.25) is 0 Å². The lowest BCUT2D eigenvalue weighted by Gasteiger charge is -2.20. The molecule has 48 heavy (non-hydrogen) atoms. The third-order valence-electron chi connectivity index (χ3n) is 10.2. The van der Waals surface area contributed by atoms with Gasteiger partial charge in [-0.25, -0.2) is 0 Å². The molecule has 11 aromatic rings. The summed E-state index contributed by atoms with van der Waals surface area (Å²) in [4.78, 5) is 0. The molecule has 0 N–H and O–H groups in total. The maximum absolute atomic E-state index is 2.45. The van der Waals surface area contributed by atoms with Crippen molar-refractivity contribution in [1.29, 1.82) is 0 Å². The molecule has 0 spiro atoms. The second-order valence-electron chi connectivity index (χ2n) is 12.8. The molecule has 9 aromatic carbocycles. The molecule has 0 fully saturated rings. The molecule has 2 heterocycles. The molecule has 0 amide bonds. The third kappa shape index (κ3) is 3.65. The van der Waals surface area contributed by atoms with E-state index in [1.807, 2.05) is 22.7 Å².